The highest BCUT2D eigenvalue weighted by Gasteiger charge is 2.32. The van der Waals surface area contributed by atoms with Crippen LogP contribution in [-0.2, 0) is 0 Å². The topological polar surface area (TPSA) is 57.0 Å². The first-order chi connectivity index (χ1) is 12.8. The van der Waals surface area contributed by atoms with E-state index in [-0.39, 0.29) is 0 Å². The van der Waals surface area contributed by atoms with Crippen LogP contribution in [0.4, 0.5) is 0 Å². The molecule has 0 aliphatic heterocycles. The van der Waals surface area contributed by atoms with Gasteiger partial charge in [0.15, 0.2) is 6.29 Å². The van der Waals surface area contributed by atoms with Crippen LogP contribution < -0.4 is 4.74 Å². The summed E-state index contributed by atoms with van der Waals surface area (Å²) in [4.78, 5) is 15.6. The Morgan fingerprint density at radius 3 is 2.81 bits per heavy atom. The van der Waals surface area contributed by atoms with Gasteiger partial charge in [0.2, 0.25) is 0 Å². The molecule has 2 aliphatic carbocycles. The molecule has 138 valence electrons. The van der Waals surface area contributed by atoms with Crippen LogP contribution in [0.1, 0.15) is 78.5 Å². The first-order valence-electron chi connectivity index (χ1n) is 9.84. The first kappa shape index (κ1) is 17.3. The lowest BCUT2D eigenvalue weighted by Gasteiger charge is -2.35. The van der Waals surface area contributed by atoms with Crippen LogP contribution in [0.2, 0.25) is 0 Å². The van der Waals surface area contributed by atoms with Gasteiger partial charge in [-0.05, 0) is 50.7 Å². The number of hydrogen-bond donors (Lipinski definition) is 0. The Labute approximate surface area is 154 Å². The molecule has 0 saturated heterocycles. The summed E-state index contributed by atoms with van der Waals surface area (Å²) in [6.07, 6.45) is 14.9. The molecule has 0 N–H and O–H groups in total. The second-order valence-electron chi connectivity index (χ2n) is 7.73. The van der Waals surface area contributed by atoms with Crippen molar-refractivity contribution in [2.45, 2.75) is 63.8 Å². The summed E-state index contributed by atoms with van der Waals surface area (Å²) in [5.74, 6) is 1.56. The first-order valence-corrected chi connectivity index (χ1v) is 9.84. The number of aryl methyl sites for hydroxylation is 1. The molecular formula is C21H27N3O2. The van der Waals surface area contributed by atoms with Gasteiger partial charge in [0.05, 0.1) is 24.4 Å². The molecule has 4 rings (SSSR count). The van der Waals surface area contributed by atoms with Crippen LogP contribution >= 0.6 is 0 Å². The van der Waals surface area contributed by atoms with Crippen LogP contribution in [0.15, 0.2) is 24.7 Å². The number of nitrogens with zero attached hydrogens (tertiary/aromatic N) is 3. The van der Waals surface area contributed by atoms with E-state index in [2.05, 4.69) is 20.8 Å². The fraction of sp³-hybridized carbons (Fsp3) is 0.571. The average molecular weight is 353 g/mol. The molecule has 2 fully saturated rings. The Balaban J connectivity index is 1.51. The molecule has 5 heteroatoms. The quantitative estimate of drug-likeness (QED) is 0.719. The SMILES string of the molecule is Cc1cncc(OCC2CCCCC2c2ccnn2C2CCC2)c1C=O. The Kier molecular flexibility index (Phi) is 5.05. The van der Waals surface area contributed by atoms with Crippen molar-refractivity contribution >= 4 is 6.29 Å². The third kappa shape index (κ3) is 3.27. The number of rotatable bonds is 6. The normalized spacial score (nSPS) is 23.4. The fourth-order valence-electron chi connectivity index (χ4n) is 4.36. The second kappa shape index (κ2) is 7.60. The molecule has 0 radical (unpaired) electrons. The van der Waals surface area contributed by atoms with Gasteiger partial charge in [0, 0.05) is 29.9 Å². The van der Waals surface area contributed by atoms with E-state index < -0.39 is 0 Å². The van der Waals surface area contributed by atoms with Crippen LogP contribution in [0.25, 0.3) is 0 Å². The summed E-state index contributed by atoms with van der Waals surface area (Å²) < 4.78 is 8.37. The molecular weight excluding hydrogens is 326 g/mol. The molecule has 2 aromatic rings. The summed E-state index contributed by atoms with van der Waals surface area (Å²) in [6, 6.07) is 2.79. The molecule has 0 amide bonds. The highest BCUT2D eigenvalue weighted by Crippen LogP contribution is 2.41. The van der Waals surface area contributed by atoms with Crippen LogP contribution in [0.5, 0.6) is 5.75 Å². The Morgan fingerprint density at radius 2 is 2.04 bits per heavy atom. The van der Waals surface area contributed by atoms with Gasteiger partial charge in [-0.1, -0.05) is 12.8 Å². The lowest BCUT2D eigenvalue weighted by Crippen LogP contribution is -2.28. The van der Waals surface area contributed by atoms with Gasteiger partial charge in [-0.15, -0.1) is 0 Å². The summed E-state index contributed by atoms with van der Waals surface area (Å²) in [5.41, 5.74) is 2.86. The van der Waals surface area contributed by atoms with Crippen LogP contribution in [-0.4, -0.2) is 27.7 Å². The third-order valence-electron chi connectivity index (χ3n) is 6.13. The van der Waals surface area contributed by atoms with Gasteiger partial charge in [-0.2, -0.15) is 5.10 Å². The number of aldehydes is 1. The van der Waals surface area contributed by atoms with Gasteiger partial charge in [-0.25, -0.2) is 0 Å². The van der Waals surface area contributed by atoms with Gasteiger partial charge >= 0.3 is 0 Å². The van der Waals surface area contributed by atoms with Gasteiger partial charge < -0.3 is 4.74 Å². The van der Waals surface area contributed by atoms with Crippen molar-refractivity contribution in [2.24, 2.45) is 5.92 Å². The zero-order valence-electron chi connectivity index (χ0n) is 15.4. The Bertz CT molecular complexity index is 766. The molecule has 2 saturated carbocycles. The second-order valence-corrected chi connectivity index (χ2v) is 7.73. The molecule has 5 nitrogen and oxygen atoms in total. The third-order valence-corrected chi connectivity index (χ3v) is 6.13. The van der Waals surface area contributed by atoms with E-state index in [0.29, 0.717) is 35.8 Å². The summed E-state index contributed by atoms with van der Waals surface area (Å²) in [5, 5.41) is 4.62. The van der Waals surface area contributed by atoms with Crippen molar-refractivity contribution in [3.63, 3.8) is 0 Å². The van der Waals surface area contributed by atoms with E-state index >= 15 is 0 Å². The molecule has 26 heavy (non-hydrogen) atoms. The number of pyridine rings is 1. The van der Waals surface area contributed by atoms with Crippen LogP contribution in [0.3, 0.4) is 0 Å². The maximum Gasteiger partial charge on any atom is 0.154 e. The Morgan fingerprint density at radius 1 is 1.19 bits per heavy atom. The van der Waals surface area contributed by atoms with Gasteiger partial charge in [-0.3, -0.25) is 14.5 Å². The smallest absolute Gasteiger partial charge is 0.154 e. The lowest BCUT2D eigenvalue weighted by atomic mass is 9.77. The molecule has 2 aliphatic rings. The Hall–Kier alpha value is -2.17. The van der Waals surface area contributed by atoms with Crippen molar-refractivity contribution in [2.75, 3.05) is 6.61 Å². The molecule has 2 aromatic heterocycles. The molecule has 0 aromatic carbocycles. The van der Waals surface area contributed by atoms with Crippen LogP contribution in [0, 0.1) is 12.8 Å². The number of hydrogen-bond acceptors (Lipinski definition) is 4. The highest BCUT2D eigenvalue weighted by molar-refractivity contribution is 5.81. The maximum absolute atomic E-state index is 11.4. The van der Waals surface area contributed by atoms with Gasteiger partial charge in [0.25, 0.3) is 0 Å². The van der Waals surface area contributed by atoms with E-state index in [1.54, 1.807) is 12.4 Å². The minimum Gasteiger partial charge on any atom is -0.491 e. The summed E-state index contributed by atoms with van der Waals surface area (Å²) in [6.45, 7) is 2.52. The summed E-state index contributed by atoms with van der Waals surface area (Å²) >= 11 is 0. The van der Waals surface area contributed by atoms with E-state index in [4.69, 9.17) is 4.74 Å². The lowest BCUT2D eigenvalue weighted by molar-refractivity contribution is 0.111. The monoisotopic (exact) mass is 353 g/mol. The standard InChI is InChI=1S/C21H27N3O2/c1-15-11-22-12-21(19(15)13-25)26-14-16-5-2-3-8-18(16)20-9-10-23-24(20)17-6-4-7-17/h9-13,16-18H,2-8,14H2,1H3. The fourth-order valence-corrected chi connectivity index (χ4v) is 4.36. The van der Waals surface area contributed by atoms with Crippen molar-refractivity contribution in [3.8, 4) is 5.75 Å². The minimum atomic E-state index is 0.458. The zero-order valence-corrected chi connectivity index (χ0v) is 15.4. The maximum atomic E-state index is 11.4. The minimum absolute atomic E-state index is 0.458. The van der Waals surface area contributed by atoms with E-state index in [1.807, 2.05) is 13.1 Å². The van der Waals surface area contributed by atoms with Crippen molar-refractivity contribution in [3.05, 3.63) is 41.5 Å². The number of ether oxygens (including phenoxy) is 1. The highest BCUT2D eigenvalue weighted by atomic mass is 16.5. The van der Waals surface area contributed by atoms with Crippen molar-refractivity contribution < 1.29 is 9.53 Å². The molecule has 0 bridgehead atoms. The van der Waals surface area contributed by atoms with E-state index in [0.717, 1.165) is 18.3 Å². The molecule has 0 spiro atoms. The largest absolute Gasteiger partial charge is 0.491 e. The summed E-state index contributed by atoms with van der Waals surface area (Å²) in [7, 11) is 0. The van der Waals surface area contributed by atoms with Crippen molar-refractivity contribution in [1.82, 2.24) is 14.8 Å². The van der Waals surface area contributed by atoms with E-state index in [9.17, 15) is 4.79 Å². The predicted molar refractivity (Wildman–Crippen MR) is 99.7 cm³/mol. The van der Waals surface area contributed by atoms with Crippen molar-refractivity contribution in [1.29, 1.82) is 0 Å². The van der Waals surface area contributed by atoms with E-state index in [1.165, 1.54) is 44.2 Å². The number of carbonyl (C=O) groups is 1. The molecule has 2 heterocycles. The molecule has 2 unspecified atom stereocenters. The molecule has 2 atom stereocenters. The van der Waals surface area contributed by atoms with Gasteiger partial charge in [0.1, 0.15) is 5.75 Å². The average Bonchev–Trinajstić information content (AvgIpc) is 3.07. The number of carbonyl (C=O) groups excluding carboxylic acids is 1. The zero-order chi connectivity index (χ0) is 17.9. The number of aromatic nitrogens is 3. The predicted octanol–water partition coefficient (Wildman–Crippen LogP) is 4.48.